The average Bonchev–Trinajstić information content (AvgIpc) is 3.05. The molecule has 1 aromatic heterocycles. The molecular weight excluding hydrogens is 404 g/mol. The van der Waals surface area contributed by atoms with E-state index in [4.69, 9.17) is 16.3 Å². The Balaban J connectivity index is 2.03. The van der Waals surface area contributed by atoms with Gasteiger partial charge in [0.25, 0.3) is 5.91 Å². The highest BCUT2D eigenvalue weighted by Gasteiger charge is 2.24. The van der Waals surface area contributed by atoms with Crippen molar-refractivity contribution in [1.82, 2.24) is 4.57 Å². The smallest absolute Gasteiger partial charge is 0.340 e. The van der Waals surface area contributed by atoms with Gasteiger partial charge in [0.05, 0.1) is 30.1 Å². The monoisotopic (exact) mass is 420 g/mol. The Morgan fingerprint density at radius 1 is 1.11 bits per heavy atom. The lowest BCUT2D eigenvalue weighted by Gasteiger charge is -2.22. The lowest BCUT2D eigenvalue weighted by molar-refractivity contribution is 0.0603. The average molecular weight is 421 g/mol. The van der Waals surface area contributed by atoms with Crippen LogP contribution in [-0.2, 0) is 14.8 Å². The number of ether oxygens (including phenoxy) is 1. The van der Waals surface area contributed by atoms with Crippen molar-refractivity contribution in [2.24, 2.45) is 0 Å². The number of hydrogen-bond donors (Lipinski definition) is 0. The number of benzene rings is 2. The molecule has 0 amide bonds. The zero-order valence-electron chi connectivity index (χ0n) is 15.1. The molecule has 7 nitrogen and oxygen atoms in total. The summed E-state index contributed by atoms with van der Waals surface area (Å²) in [5.74, 6) is -1.10. The minimum atomic E-state index is -3.74. The molecule has 0 unspecified atom stereocenters. The number of carbonyl (C=O) groups is 2. The van der Waals surface area contributed by atoms with E-state index in [-0.39, 0.29) is 5.56 Å². The van der Waals surface area contributed by atoms with Crippen molar-refractivity contribution in [2.45, 2.75) is 0 Å². The number of rotatable bonds is 5. The summed E-state index contributed by atoms with van der Waals surface area (Å²) in [6.07, 6.45) is 2.38. The summed E-state index contributed by atoms with van der Waals surface area (Å²) in [6, 6.07) is 12.9. The largest absolute Gasteiger partial charge is 0.465 e. The molecule has 28 heavy (non-hydrogen) atoms. The number of para-hydroxylation sites is 1. The number of sulfonamides is 1. The molecule has 0 saturated heterocycles. The van der Waals surface area contributed by atoms with Gasteiger partial charge in [-0.05, 0) is 30.3 Å². The van der Waals surface area contributed by atoms with Gasteiger partial charge in [0.2, 0.25) is 10.0 Å². The molecule has 0 saturated carbocycles. The van der Waals surface area contributed by atoms with E-state index < -0.39 is 28.4 Å². The second kappa shape index (κ2) is 7.65. The molecule has 1 heterocycles. The van der Waals surface area contributed by atoms with E-state index in [0.717, 1.165) is 10.6 Å². The first-order valence-electron chi connectivity index (χ1n) is 8.17. The fraction of sp³-hybridized carbons (Fsp3) is 0.158. The van der Waals surface area contributed by atoms with Crippen LogP contribution < -0.4 is 4.31 Å². The van der Waals surface area contributed by atoms with E-state index in [1.807, 2.05) is 0 Å². The van der Waals surface area contributed by atoms with Gasteiger partial charge in [-0.2, -0.15) is 0 Å². The Morgan fingerprint density at radius 3 is 2.36 bits per heavy atom. The van der Waals surface area contributed by atoms with Crippen LogP contribution in [0.1, 0.15) is 15.2 Å². The Labute approximate surface area is 167 Å². The second-order valence-electron chi connectivity index (χ2n) is 6.06. The van der Waals surface area contributed by atoms with Crippen LogP contribution in [0.4, 0.5) is 5.69 Å². The van der Waals surface area contributed by atoms with Gasteiger partial charge in [0.15, 0.2) is 0 Å². The topological polar surface area (TPSA) is 85.7 Å². The van der Waals surface area contributed by atoms with Gasteiger partial charge in [0, 0.05) is 16.6 Å². The Kier molecular flexibility index (Phi) is 5.44. The van der Waals surface area contributed by atoms with Crippen molar-refractivity contribution < 1.29 is 22.7 Å². The molecule has 0 N–H and O–H groups in total. The van der Waals surface area contributed by atoms with Crippen LogP contribution >= 0.6 is 11.6 Å². The van der Waals surface area contributed by atoms with Gasteiger partial charge in [-0.15, -0.1) is 0 Å². The lowest BCUT2D eigenvalue weighted by atomic mass is 10.2. The number of methoxy groups -OCH3 is 1. The number of fused-ring (bicyclic) bond motifs is 1. The molecule has 0 aliphatic carbocycles. The van der Waals surface area contributed by atoms with E-state index in [9.17, 15) is 18.0 Å². The fourth-order valence-corrected chi connectivity index (χ4v) is 3.84. The second-order valence-corrected chi connectivity index (χ2v) is 8.40. The number of aromatic nitrogens is 1. The molecule has 146 valence electrons. The van der Waals surface area contributed by atoms with Gasteiger partial charge in [-0.3, -0.25) is 13.7 Å². The molecule has 3 rings (SSSR count). The number of carbonyl (C=O) groups excluding carboxylic acids is 2. The Bertz CT molecular complexity index is 1150. The summed E-state index contributed by atoms with van der Waals surface area (Å²) in [4.78, 5) is 25.0. The Hall–Kier alpha value is -2.84. The molecule has 9 heteroatoms. The van der Waals surface area contributed by atoms with Crippen LogP contribution in [0.5, 0.6) is 0 Å². The summed E-state index contributed by atoms with van der Waals surface area (Å²) < 4.78 is 31.5. The van der Waals surface area contributed by atoms with Gasteiger partial charge in [0.1, 0.15) is 6.54 Å². The first kappa shape index (κ1) is 19.9. The zero-order valence-corrected chi connectivity index (χ0v) is 16.7. The van der Waals surface area contributed by atoms with Crippen molar-refractivity contribution in [3.8, 4) is 0 Å². The molecule has 0 bridgehead atoms. The third kappa shape index (κ3) is 3.88. The molecule has 0 fully saturated rings. The molecule has 0 aliphatic heterocycles. The normalized spacial score (nSPS) is 11.4. The minimum absolute atomic E-state index is 0.226. The maximum atomic E-state index is 13.0. The highest BCUT2D eigenvalue weighted by atomic mass is 35.5. The standard InChI is InChI=1S/C19H17ClN2O5S/c1-27-19(24)16-11-21(17-6-4-3-5-15(16)17)18(23)12-22(28(2,25)26)14-9-7-13(20)8-10-14/h3-11H,12H2,1-2H3. The van der Waals surface area contributed by atoms with Crippen LogP contribution in [0.15, 0.2) is 54.7 Å². The summed E-state index contributed by atoms with van der Waals surface area (Å²) in [6.45, 7) is -0.445. The van der Waals surface area contributed by atoms with Crippen molar-refractivity contribution in [3.63, 3.8) is 0 Å². The van der Waals surface area contributed by atoms with E-state index in [1.165, 1.54) is 30.0 Å². The SMILES string of the molecule is COC(=O)c1cn(C(=O)CN(c2ccc(Cl)cc2)S(C)(=O)=O)c2ccccc12. The van der Waals surface area contributed by atoms with Gasteiger partial charge < -0.3 is 4.74 Å². The van der Waals surface area contributed by atoms with Gasteiger partial charge >= 0.3 is 5.97 Å². The molecule has 0 spiro atoms. The number of esters is 1. The lowest BCUT2D eigenvalue weighted by Crippen LogP contribution is -2.36. The van der Waals surface area contributed by atoms with Crippen LogP contribution in [0.2, 0.25) is 5.02 Å². The quantitative estimate of drug-likeness (QED) is 0.592. The number of nitrogens with zero attached hydrogens (tertiary/aromatic N) is 2. The van der Waals surface area contributed by atoms with E-state index in [0.29, 0.717) is 21.6 Å². The number of anilines is 1. The van der Waals surface area contributed by atoms with Gasteiger partial charge in [-0.25, -0.2) is 13.2 Å². The molecule has 2 aromatic carbocycles. The predicted octanol–water partition coefficient (Wildman–Crippen LogP) is 3.19. The van der Waals surface area contributed by atoms with Crippen molar-refractivity contribution in [2.75, 3.05) is 24.2 Å². The number of hydrogen-bond acceptors (Lipinski definition) is 5. The summed E-state index contributed by atoms with van der Waals surface area (Å²) >= 11 is 5.86. The molecule has 0 radical (unpaired) electrons. The van der Waals surface area contributed by atoms with E-state index in [1.54, 1.807) is 36.4 Å². The van der Waals surface area contributed by atoms with Crippen molar-refractivity contribution >= 4 is 50.1 Å². The van der Waals surface area contributed by atoms with Crippen molar-refractivity contribution in [3.05, 3.63) is 65.3 Å². The maximum absolute atomic E-state index is 13.0. The van der Waals surface area contributed by atoms with Gasteiger partial charge in [-0.1, -0.05) is 29.8 Å². The predicted molar refractivity (Wildman–Crippen MR) is 108 cm³/mol. The van der Waals surface area contributed by atoms with E-state index >= 15 is 0 Å². The first-order chi connectivity index (χ1) is 13.2. The third-order valence-corrected chi connectivity index (χ3v) is 5.57. The van der Waals surface area contributed by atoms with Crippen LogP contribution in [0, 0.1) is 0 Å². The summed E-state index contributed by atoms with van der Waals surface area (Å²) in [5, 5.41) is 0.989. The summed E-state index contributed by atoms with van der Waals surface area (Å²) in [7, 11) is -2.48. The minimum Gasteiger partial charge on any atom is -0.465 e. The zero-order chi connectivity index (χ0) is 20.5. The molecule has 3 aromatic rings. The van der Waals surface area contributed by atoms with Crippen molar-refractivity contribution in [1.29, 1.82) is 0 Å². The summed E-state index contributed by atoms with van der Waals surface area (Å²) in [5.41, 5.74) is 1.02. The third-order valence-electron chi connectivity index (χ3n) is 4.18. The van der Waals surface area contributed by atoms with Crippen LogP contribution in [-0.4, -0.2) is 44.8 Å². The first-order valence-corrected chi connectivity index (χ1v) is 10.4. The molecular formula is C19H17ClN2O5S. The number of halogens is 1. The molecule has 0 aliphatic rings. The van der Waals surface area contributed by atoms with E-state index in [2.05, 4.69) is 0 Å². The molecule has 0 atom stereocenters. The highest BCUT2D eigenvalue weighted by molar-refractivity contribution is 7.92. The maximum Gasteiger partial charge on any atom is 0.340 e. The Morgan fingerprint density at radius 2 is 1.75 bits per heavy atom. The highest BCUT2D eigenvalue weighted by Crippen LogP contribution is 2.24. The van der Waals surface area contributed by atoms with Crippen LogP contribution in [0.25, 0.3) is 10.9 Å². The van der Waals surface area contributed by atoms with Crippen LogP contribution in [0.3, 0.4) is 0 Å². The fourth-order valence-electron chi connectivity index (χ4n) is 2.87.